The molecule has 0 unspecified atom stereocenters. The van der Waals surface area contributed by atoms with Gasteiger partial charge in [0.2, 0.25) is 0 Å². The van der Waals surface area contributed by atoms with Crippen LogP contribution in [0.2, 0.25) is 0 Å². The number of hydrogen-bond acceptors (Lipinski definition) is 3. The summed E-state index contributed by atoms with van der Waals surface area (Å²) in [6.07, 6.45) is 1.68. The van der Waals surface area contributed by atoms with E-state index in [4.69, 9.17) is 17.5 Å². The van der Waals surface area contributed by atoms with Crippen molar-refractivity contribution in [2.24, 2.45) is 0 Å². The van der Waals surface area contributed by atoms with Crippen molar-refractivity contribution in [2.45, 2.75) is 19.8 Å². The lowest BCUT2D eigenvalue weighted by atomic mass is 10.4. The average Bonchev–Trinajstić information content (AvgIpc) is 2.10. The number of nitriles is 1. The maximum absolute atomic E-state index is 8.35. The van der Waals surface area contributed by atoms with E-state index in [0.717, 1.165) is 23.0 Å². The second kappa shape index (κ2) is 7.38. The first-order valence-corrected chi connectivity index (χ1v) is 5.36. The Morgan fingerprint density at radius 3 is 2.83 bits per heavy atom. The molecule has 0 amide bonds. The largest absolute Gasteiger partial charge is 0.360 e. The Kier molecular flexibility index (Phi) is 7.22. The summed E-state index contributed by atoms with van der Waals surface area (Å²) < 4.78 is 0.895. The molecule has 0 bridgehead atoms. The van der Waals surface area contributed by atoms with Gasteiger partial charge in [-0.05, 0) is 12.2 Å². The summed E-state index contributed by atoms with van der Waals surface area (Å²) in [6, 6.07) is 2.10. The fourth-order valence-electron chi connectivity index (χ4n) is 0.609. The molecule has 0 heterocycles. The highest BCUT2D eigenvalue weighted by Gasteiger charge is 2.02. The normalized spacial score (nSPS) is 9.08. The Morgan fingerprint density at radius 2 is 2.33 bits per heavy atom. The molecule has 2 nitrogen and oxygen atoms in total. The summed E-state index contributed by atoms with van der Waals surface area (Å²) in [5.41, 5.74) is 0. The van der Waals surface area contributed by atoms with Crippen molar-refractivity contribution < 1.29 is 0 Å². The second-order valence-corrected chi connectivity index (χ2v) is 4.17. The zero-order valence-electron chi connectivity index (χ0n) is 7.54. The van der Waals surface area contributed by atoms with Gasteiger partial charge in [0.1, 0.15) is 4.32 Å². The maximum Gasteiger partial charge on any atom is 0.136 e. The molecule has 4 heteroatoms. The van der Waals surface area contributed by atoms with Gasteiger partial charge >= 0.3 is 0 Å². The van der Waals surface area contributed by atoms with Crippen molar-refractivity contribution >= 4 is 28.3 Å². The topological polar surface area (TPSA) is 27.0 Å². The number of thiocarbonyl (C=S) groups is 1. The van der Waals surface area contributed by atoms with Gasteiger partial charge in [0, 0.05) is 13.6 Å². The Balaban J connectivity index is 3.55. The van der Waals surface area contributed by atoms with Gasteiger partial charge in [-0.25, -0.2) is 0 Å². The van der Waals surface area contributed by atoms with Crippen LogP contribution < -0.4 is 0 Å². The standard InChI is InChI=1S/C8H14N2S2/c1-3-7-12-8(11)10(2)6-4-5-9/h3-4,6-7H2,1-2H3. The summed E-state index contributed by atoms with van der Waals surface area (Å²) in [6.45, 7) is 2.87. The van der Waals surface area contributed by atoms with Crippen LogP contribution in [0.1, 0.15) is 19.8 Å². The molecule has 0 fully saturated rings. The fraction of sp³-hybridized carbons (Fsp3) is 0.750. The summed E-state index contributed by atoms with van der Waals surface area (Å²) in [5.74, 6) is 1.07. The van der Waals surface area contributed by atoms with Crippen LogP contribution in [0.3, 0.4) is 0 Å². The summed E-state index contributed by atoms with van der Waals surface area (Å²) in [5, 5.41) is 8.35. The molecular formula is C8H14N2S2. The molecule has 0 aromatic rings. The van der Waals surface area contributed by atoms with Gasteiger partial charge < -0.3 is 4.90 Å². The van der Waals surface area contributed by atoms with Crippen molar-refractivity contribution in [3.8, 4) is 6.07 Å². The summed E-state index contributed by atoms with van der Waals surface area (Å²) in [7, 11) is 1.93. The SMILES string of the molecule is CCCSC(=S)N(C)CCC#N. The molecule has 0 aliphatic rings. The second-order valence-electron chi connectivity index (χ2n) is 2.44. The third kappa shape index (κ3) is 5.39. The predicted octanol–water partition coefficient (Wildman–Crippen LogP) is 2.26. The van der Waals surface area contributed by atoms with Crippen LogP contribution in [-0.2, 0) is 0 Å². The number of rotatable bonds is 4. The highest BCUT2D eigenvalue weighted by atomic mass is 32.2. The van der Waals surface area contributed by atoms with Crippen molar-refractivity contribution in [3.63, 3.8) is 0 Å². The summed E-state index contributed by atoms with van der Waals surface area (Å²) in [4.78, 5) is 1.96. The molecule has 0 radical (unpaired) electrons. The molecule has 0 rings (SSSR count). The Labute approximate surface area is 83.9 Å². The molecule has 0 aliphatic carbocycles. The third-order valence-electron chi connectivity index (χ3n) is 1.30. The molecule has 0 saturated heterocycles. The molecule has 0 atom stereocenters. The van der Waals surface area contributed by atoms with Gasteiger partial charge in [-0.2, -0.15) is 5.26 Å². The van der Waals surface area contributed by atoms with Crippen molar-refractivity contribution in [3.05, 3.63) is 0 Å². The minimum absolute atomic E-state index is 0.545. The first-order chi connectivity index (χ1) is 5.72. The van der Waals surface area contributed by atoms with E-state index in [0.29, 0.717) is 6.42 Å². The van der Waals surface area contributed by atoms with Gasteiger partial charge in [0.05, 0.1) is 12.5 Å². The van der Waals surface area contributed by atoms with E-state index in [9.17, 15) is 0 Å². The first-order valence-electron chi connectivity index (χ1n) is 3.97. The molecule has 0 N–H and O–H groups in total. The van der Waals surface area contributed by atoms with E-state index in [1.165, 1.54) is 0 Å². The van der Waals surface area contributed by atoms with Crippen molar-refractivity contribution in [1.82, 2.24) is 4.90 Å². The van der Waals surface area contributed by atoms with Gasteiger partial charge in [0.15, 0.2) is 0 Å². The molecule has 12 heavy (non-hydrogen) atoms. The summed E-state index contributed by atoms with van der Waals surface area (Å²) >= 11 is 6.82. The quantitative estimate of drug-likeness (QED) is 0.653. The van der Waals surface area contributed by atoms with E-state index in [1.54, 1.807) is 11.8 Å². The molecule has 0 saturated carbocycles. The van der Waals surface area contributed by atoms with Crippen LogP contribution in [0.15, 0.2) is 0 Å². The van der Waals surface area contributed by atoms with Gasteiger partial charge in [-0.3, -0.25) is 0 Å². The Bertz CT molecular complexity index is 174. The van der Waals surface area contributed by atoms with Crippen LogP contribution in [0, 0.1) is 11.3 Å². The minimum Gasteiger partial charge on any atom is -0.360 e. The maximum atomic E-state index is 8.35. The fourth-order valence-corrected chi connectivity index (χ4v) is 1.64. The third-order valence-corrected chi connectivity index (χ3v) is 3.14. The lowest BCUT2D eigenvalue weighted by molar-refractivity contribution is 0.534. The van der Waals surface area contributed by atoms with E-state index < -0.39 is 0 Å². The molecule has 0 spiro atoms. The predicted molar refractivity (Wildman–Crippen MR) is 58.2 cm³/mol. The molecule has 68 valence electrons. The molecule has 0 aromatic heterocycles. The van der Waals surface area contributed by atoms with E-state index in [-0.39, 0.29) is 0 Å². The smallest absolute Gasteiger partial charge is 0.136 e. The van der Waals surface area contributed by atoms with Gasteiger partial charge in [-0.15, -0.1) is 0 Å². The Hall–Kier alpha value is -0.270. The zero-order valence-corrected chi connectivity index (χ0v) is 9.17. The first kappa shape index (κ1) is 11.7. The van der Waals surface area contributed by atoms with Crippen LogP contribution in [0.5, 0.6) is 0 Å². The van der Waals surface area contributed by atoms with Crippen molar-refractivity contribution in [2.75, 3.05) is 19.3 Å². The zero-order chi connectivity index (χ0) is 9.40. The monoisotopic (exact) mass is 202 g/mol. The lowest BCUT2D eigenvalue weighted by Crippen LogP contribution is -2.23. The van der Waals surface area contributed by atoms with Gasteiger partial charge in [0.25, 0.3) is 0 Å². The van der Waals surface area contributed by atoms with E-state index in [1.807, 2.05) is 11.9 Å². The van der Waals surface area contributed by atoms with E-state index in [2.05, 4.69) is 13.0 Å². The Morgan fingerprint density at radius 1 is 1.67 bits per heavy atom. The van der Waals surface area contributed by atoms with E-state index >= 15 is 0 Å². The number of thioether (sulfide) groups is 1. The lowest BCUT2D eigenvalue weighted by Gasteiger charge is -2.17. The van der Waals surface area contributed by atoms with Crippen LogP contribution in [0.25, 0.3) is 0 Å². The highest BCUT2D eigenvalue weighted by molar-refractivity contribution is 8.22. The number of nitrogens with zero attached hydrogens (tertiary/aromatic N) is 2. The van der Waals surface area contributed by atoms with Crippen LogP contribution in [0.4, 0.5) is 0 Å². The van der Waals surface area contributed by atoms with Gasteiger partial charge in [-0.1, -0.05) is 30.9 Å². The van der Waals surface area contributed by atoms with Crippen LogP contribution in [-0.4, -0.2) is 28.6 Å². The molecule has 0 aromatic carbocycles. The highest BCUT2D eigenvalue weighted by Crippen LogP contribution is 2.09. The average molecular weight is 202 g/mol. The van der Waals surface area contributed by atoms with Crippen LogP contribution >= 0.6 is 24.0 Å². The van der Waals surface area contributed by atoms with Crippen molar-refractivity contribution in [1.29, 1.82) is 5.26 Å². The molecule has 0 aliphatic heterocycles. The molecular weight excluding hydrogens is 188 g/mol. The minimum atomic E-state index is 0.545. The number of hydrogen-bond donors (Lipinski definition) is 0.